The average Bonchev–Trinajstić information content (AvgIpc) is 2.47. The minimum atomic E-state index is 1.01. The maximum absolute atomic E-state index is 4.30. The topological polar surface area (TPSA) is 12.9 Å². The summed E-state index contributed by atoms with van der Waals surface area (Å²) in [6.45, 7) is 6.12. The van der Waals surface area contributed by atoms with Crippen molar-refractivity contribution in [1.29, 1.82) is 0 Å². The third-order valence-corrected chi connectivity index (χ3v) is 2.07. The Bertz CT molecular complexity index is 348. The largest absolute Gasteiger partial charge is 0.256 e. The summed E-state index contributed by atoms with van der Waals surface area (Å²) in [5.41, 5.74) is 3.64. The molecule has 1 heterocycles. The summed E-state index contributed by atoms with van der Waals surface area (Å²) in [6, 6.07) is 2.04. The first-order valence-electron chi connectivity index (χ1n) is 5.16. The van der Waals surface area contributed by atoms with Crippen LogP contribution in [0.2, 0.25) is 0 Å². The van der Waals surface area contributed by atoms with Crippen LogP contribution in [-0.2, 0) is 0 Å². The summed E-state index contributed by atoms with van der Waals surface area (Å²) in [4.78, 5) is 4.30. The van der Waals surface area contributed by atoms with E-state index in [1.54, 1.807) is 0 Å². The molecule has 0 unspecified atom stereocenters. The van der Waals surface area contributed by atoms with Crippen LogP contribution >= 0.6 is 0 Å². The van der Waals surface area contributed by atoms with Gasteiger partial charge in [-0.2, -0.15) is 0 Å². The van der Waals surface area contributed by atoms with Crippen molar-refractivity contribution in [2.75, 3.05) is 0 Å². The molecule has 0 bridgehead atoms. The molecule has 0 amide bonds. The highest BCUT2D eigenvalue weighted by Crippen LogP contribution is 2.17. The molecule has 0 aromatic carbocycles. The van der Waals surface area contributed by atoms with E-state index < -0.39 is 0 Å². The SMILES string of the molecule is CC.Cc1ccnc2c1C=CCC=C2. The van der Waals surface area contributed by atoms with Crippen LogP contribution in [0, 0.1) is 6.92 Å². The lowest BCUT2D eigenvalue weighted by atomic mass is 10.1. The second kappa shape index (κ2) is 5.38. The lowest BCUT2D eigenvalue weighted by Gasteiger charge is -2.01. The van der Waals surface area contributed by atoms with Gasteiger partial charge in [0.25, 0.3) is 0 Å². The molecule has 1 aliphatic rings. The van der Waals surface area contributed by atoms with Crippen molar-refractivity contribution in [2.24, 2.45) is 0 Å². The lowest BCUT2D eigenvalue weighted by Crippen LogP contribution is -1.88. The number of pyridine rings is 1. The van der Waals surface area contributed by atoms with E-state index in [0.717, 1.165) is 12.1 Å². The molecule has 1 aromatic heterocycles. The van der Waals surface area contributed by atoms with Gasteiger partial charge >= 0.3 is 0 Å². The van der Waals surface area contributed by atoms with E-state index in [4.69, 9.17) is 0 Å². The van der Waals surface area contributed by atoms with Crippen molar-refractivity contribution >= 4 is 12.2 Å². The van der Waals surface area contributed by atoms with Crippen LogP contribution in [0.1, 0.15) is 37.1 Å². The van der Waals surface area contributed by atoms with E-state index in [-0.39, 0.29) is 0 Å². The van der Waals surface area contributed by atoms with Gasteiger partial charge in [-0.05, 0) is 31.1 Å². The Morgan fingerprint density at radius 1 is 1.14 bits per heavy atom. The van der Waals surface area contributed by atoms with Crippen molar-refractivity contribution in [1.82, 2.24) is 4.98 Å². The van der Waals surface area contributed by atoms with Gasteiger partial charge in [-0.3, -0.25) is 4.98 Å². The van der Waals surface area contributed by atoms with Gasteiger partial charge in [-0.1, -0.05) is 32.1 Å². The smallest absolute Gasteiger partial charge is 0.0701 e. The average molecular weight is 187 g/mol. The molecule has 2 rings (SSSR count). The van der Waals surface area contributed by atoms with Gasteiger partial charge in [-0.25, -0.2) is 0 Å². The maximum Gasteiger partial charge on any atom is 0.0701 e. The number of rotatable bonds is 0. The van der Waals surface area contributed by atoms with Crippen molar-refractivity contribution in [2.45, 2.75) is 27.2 Å². The Hall–Kier alpha value is -1.37. The van der Waals surface area contributed by atoms with Crippen molar-refractivity contribution < 1.29 is 0 Å². The van der Waals surface area contributed by atoms with Crippen LogP contribution in [0.4, 0.5) is 0 Å². The number of hydrogen-bond donors (Lipinski definition) is 0. The number of fused-ring (bicyclic) bond motifs is 1. The van der Waals surface area contributed by atoms with Gasteiger partial charge < -0.3 is 0 Å². The summed E-state index contributed by atoms with van der Waals surface area (Å²) in [7, 11) is 0. The van der Waals surface area contributed by atoms with Gasteiger partial charge in [0.15, 0.2) is 0 Å². The zero-order chi connectivity index (χ0) is 10.4. The van der Waals surface area contributed by atoms with E-state index in [1.807, 2.05) is 26.1 Å². The second-order valence-corrected chi connectivity index (χ2v) is 2.97. The molecule has 1 aliphatic carbocycles. The molecule has 0 aliphatic heterocycles. The van der Waals surface area contributed by atoms with Crippen LogP contribution < -0.4 is 0 Å². The Kier molecular flexibility index (Phi) is 4.11. The zero-order valence-electron chi connectivity index (χ0n) is 9.12. The van der Waals surface area contributed by atoms with E-state index >= 15 is 0 Å². The first-order chi connectivity index (χ1) is 6.88. The molecule has 14 heavy (non-hydrogen) atoms. The summed E-state index contributed by atoms with van der Waals surface area (Å²) >= 11 is 0. The maximum atomic E-state index is 4.30. The molecular formula is C13H17N. The Morgan fingerprint density at radius 2 is 1.86 bits per heavy atom. The number of hydrogen-bond acceptors (Lipinski definition) is 1. The van der Waals surface area contributed by atoms with Gasteiger partial charge in [0.1, 0.15) is 0 Å². The van der Waals surface area contributed by atoms with Gasteiger partial charge in [-0.15, -0.1) is 0 Å². The molecule has 0 N–H and O–H groups in total. The third-order valence-electron chi connectivity index (χ3n) is 2.07. The third kappa shape index (κ3) is 2.32. The van der Waals surface area contributed by atoms with Crippen LogP contribution in [0.25, 0.3) is 12.2 Å². The lowest BCUT2D eigenvalue weighted by molar-refractivity contribution is 1.24. The van der Waals surface area contributed by atoms with E-state index in [0.29, 0.717) is 0 Å². The van der Waals surface area contributed by atoms with E-state index in [1.165, 1.54) is 11.1 Å². The molecule has 0 fully saturated rings. The highest BCUT2D eigenvalue weighted by Gasteiger charge is 2.01. The summed E-state index contributed by atoms with van der Waals surface area (Å²) in [6.07, 6.45) is 11.4. The van der Waals surface area contributed by atoms with Crippen LogP contribution in [-0.4, -0.2) is 4.98 Å². The minimum absolute atomic E-state index is 1.01. The fraction of sp³-hybridized carbons (Fsp3) is 0.308. The summed E-state index contributed by atoms with van der Waals surface area (Å²) in [5, 5.41) is 0. The Balaban J connectivity index is 0.000000461. The summed E-state index contributed by atoms with van der Waals surface area (Å²) in [5.74, 6) is 0. The van der Waals surface area contributed by atoms with Crippen LogP contribution in [0.3, 0.4) is 0 Å². The normalized spacial score (nSPS) is 12.5. The molecule has 1 nitrogen and oxygen atoms in total. The van der Waals surface area contributed by atoms with Gasteiger partial charge in [0, 0.05) is 11.8 Å². The fourth-order valence-corrected chi connectivity index (χ4v) is 1.38. The first-order valence-corrected chi connectivity index (χ1v) is 5.16. The van der Waals surface area contributed by atoms with Gasteiger partial charge in [0.2, 0.25) is 0 Å². The summed E-state index contributed by atoms with van der Waals surface area (Å²) < 4.78 is 0. The molecule has 0 saturated carbocycles. The molecule has 0 spiro atoms. The molecule has 74 valence electrons. The van der Waals surface area contributed by atoms with Gasteiger partial charge in [0.05, 0.1) is 5.69 Å². The highest BCUT2D eigenvalue weighted by molar-refractivity contribution is 5.66. The van der Waals surface area contributed by atoms with Crippen LogP contribution in [0.15, 0.2) is 24.4 Å². The Morgan fingerprint density at radius 3 is 2.64 bits per heavy atom. The number of aromatic nitrogens is 1. The van der Waals surface area contributed by atoms with Crippen LogP contribution in [0.5, 0.6) is 0 Å². The van der Waals surface area contributed by atoms with Crippen molar-refractivity contribution in [3.05, 3.63) is 41.2 Å². The van der Waals surface area contributed by atoms with Crippen molar-refractivity contribution in [3.8, 4) is 0 Å². The monoisotopic (exact) mass is 187 g/mol. The quantitative estimate of drug-likeness (QED) is 0.601. The van der Waals surface area contributed by atoms with E-state index in [9.17, 15) is 0 Å². The molecule has 0 radical (unpaired) electrons. The standard InChI is InChI=1S/C11H11N.C2H6/c1-9-7-8-12-11-6-4-2-3-5-10(9)11;1-2/h3-8H,2H2,1H3;1-2H3. The Labute approximate surface area is 86.2 Å². The minimum Gasteiger partial charge on any atom is -0.256 e. The predicted octanol–water partition coefficient (Wildman–Crippen LogP) is 3.85. The first kappa shape index (κ1) is 10.7. The molecular weight excluding hydrogens is 170 g/mol. The zero-order valence-corrected chi connectivity index (χ0v) is 9.12. The fourth-order valence-electron chi connectivity index (χ4n) is 1.38. The highest BCUT2D eigenvalue weighted by atomic mass is 14.7. The van der Waals surface area contributed by atoms with Crippen molar-refractivity contribution in [3.63, 3.8) is 0 Å². The molecule has 1 heteroatoms. The molecule has 1 aromatic rings. The number of nitrogens with zero attached hydrogens (tertiary/aromatic N) is 1. The number of aryl methyl sites for hydroxylation is 1. The second-order valence-electron chi connectivity index (χ2n) is 2.97. The van der Waals surface area contributed by atoms with E-state index in [2.05, 4.69) is 36.2 Å². The molecule has 0 saturated heterocycles. The predicted molar refractivity (Wildman–Crippen MR) is 63.0 cm³/mol. The molecule has 0 atom stereocenters. The number of allylic oxidation sites excluding steroid dienone is 2.